The molecule has 0 radical (unpaired) electrons. The van der Waals surface area contributed by atoms with Gasteiger partial charge in [0.1, 0.15) is 11.3 Å². The molecule has 1 atom stereocenters. The van der Waals surface area contributed by atoms with E-state index in [1.54, 1.807) is 0 Å². The molecular weight excluding hydrogens is 318 g/mol. The quantitative estimate of drug-likeness (QED) is 0.655. The highest BCUT2D eigenvalue weighted by molar-refractivity contribution is 7.85. The number of fused-ring (bicyclic) bond motifs is 1. The SMILES string of the molecule is CCCc1nc2cncc(C)c2n1CCCS(=O)c1ccccc1. The molecule has 0 N–H and O–H groups in total. The summed E-state index contributed by atoms with van der Waals surface area (Å²) in [6.07, 6.45) is 6.60. The third-order valence-electron chi connectivity index (χ3n) is 4.10. The summed E-state index contributed by atoms with van der Waals surface area (Å²) in [4.78, 5) is 9.90. The lowest BCUT2D eigenvalue weighted by atomic mass is 10.2. The highest BCUT2D eigenvalue weighted by Crippen LogP contribution is 2.20. The molecule has 0 aliphatic heterocycles. The van der Waals surface area contributed by atoms with Crippen LogP contribution >= 0.6 is 0 Å². The van der Waals surface area contributed by atoms with Crippen LogP contribution in [0.2, 0.25) is 0 Å². The molecule has 2 heterocycles. The molecule has 0 amide bonds. The van der Waals surface area contributed by atoms with Crippen LogP contribution in [-0.2, 0) is 23.8 Å². The third-order valence-corrected chi connectivity index (χ3v) is 5.56. The Morgan fingerprint density at radius 2 is 1.96 bits per heavy atom. The molecule has 0 bridgehead atoms. The second kappa shape index (κ2) is 7.71. The maximum absolute atomic E-state index is 12.4. The fourth-order valence-corrected chi connectivity index (χ4v) is 4.09. The molecule has 1 aromatic carbocycles. The lowest BCUT2D eigenvalue weighted by Gasteiger charge is -2.10. The first-order valence-corrected chi connectivity index (χ1v) is 9.75. The van der Waals surface area contributed by atoms with E-state index < -0.39 is 10.8 Å². The minimum atomic E-state index is -0.940. The fraction of sp³-hybridized carbons (Fsp3) is 0.368. The van der Waals surface area contributed by atoms with Crippen molar-refractivity contribution in [3.63, 3.8) is 0 Å². The van der Waals surface area contributed by atoms with Gasteiger partial charge >= 0.3 is 0 Å². The Hall–Kier alpha value is -2.01. The monoisotopic (exact) mass is 341 g/mol. The second-order valence-corrected chi connectivity index (χ2v) is 7.54. The highest BCUT2D eigenvalue weighted by atomic mass is 32.2. The zero-order valence-corrected chi connectivity index (χ0v) is 15.1. The number of pyridine rings is 1. The summed E-state index contributed by atoms with van der Waals surface area (Å²) < 4.78 is 14.7. The number of rotatable bonds is 7. The topological polar surface area (TPSA) is 47.8 Å². The molecular formula is C19H23N3OS. The Morgan fingerprint density at radius 3 is 2.71 bits per heavy atom. The number of benzene rings is 1. The highest BCUT2D eigenvalue weighted by Gasteiger charge is 2.13. The van der Waals surface area contributed by atoms with E-state index in [9.17, 15) is 4.21 Å². The van der Waals surface area contributed by atoms with Crippen LogP contribution in [0.15, 0.2) is 47.6 Å². The van der Waals surface area contributed by atoms with Crippen molar-refractivity contribution >= 4 is 21.8 Å². The molecule has 2 aromatic heterocycles. The Balaban J connectivity index is 1.77. The van der Waals surface area contributed by atoms with E-state index in [2.05, 4.69) is 23.4 Å². The minimum Gasteiger partial charge on any atom is -0.328 e. The molecule has 0 spiro atoms. The van der Waals surface area contributed by atoms with Gasteiger partial charge in [-0.05, 0) is 37.5 Å². The van der Waals surface area contributed by atoms with Crippen molar-refractivity contribution in [1.82, 2.24) is 14.5 Å². The van der Waals surface area contributed by atoms with Gasteiger partial charge in [0, 0.05) is 29.8 Å². The van der Waals surface area contributed by atoms with Crippen molar-refractivity contribution in [2.75, 3.05) is 5.75 Å². The van der Waals surface area contributed by atoms with Crippen LogP contribution < -0.4 is 0 Å². The summed E-state index contributed by atoms with van der Waals surface area (Å²) in [5.41, 5.74) is 3.27. The first-order chi connectivity index (χ1) is 11.7. The average molecular weight is 341 g/mol. The van der Waals surface area contributed by atoms with E-state index in [4.69, 9.17) is 4.98 Å². The van der Waals surface area contributed by atoms with E-state index in [0.29, 0.717) is 5.75 Å². The number of hydrogen-bond acceptors (Lipinski definition) is 3. The van der Waals surface area contributed by atoms with Crippen LogP contribution in [0.5, 0.6) is 0 Å². The van der Waals surface area contributed by atoms with Crippen molar-refractivity contribution in [2.45, 2.75) is 44.6 Å². The first kappa shape index (κ1) is 16.8. The van der Waals surface area contributed by atoms with E-state index >= 15 is 0 Å². The van der Waals surface area contributed by atoms with Gasteiger partial charge in [-0.3, -0.25) is 9.19 Å². The van der Waals surface area contributed by atoms with Gasteiger partial charge in [0.05, 0.1) is 22.5 Å². The van der Waals surface area contributed by atoms with Crippen LogP contribution in [0.3, 0.4) is 0 Å². The zero-order valence-electron chi connectivity index (χ0n) is 14.2. The van der Waals surface area contributed by atoms with Gasteiger partial charge in [-0.1, -0.05) is 25.1 Å². The second-order valence-electron chi connectivity index (χ2n) is 5.97. The molecule has 0 aliphatic rings. The van der Waals surface area contributed by atoms with Gasteiger partial charge < -0.3 is 4.57 Å². The van der Waals surface area contributed by atoms with Gasteiger partial charge in [0.2, 0.25) is 0 Å². The number of aryl methyl sites for hydroxylation is 3. The van der Waals surface area contributed by atoms with Crippen LogP contribution in [-0.4, -0.2) is 24.5 Å². The van der Waals surface area contributed by atoms with Gasteiger partial charge in [0.15, 0.2) is 0 Å². The lowest BCUT2D eigenvalue weighted by Crippen LogP contribution is -2.08. The molecule has 1 unspecified atom stereocenters. The maximum Gasteiger partial charge on any atom is 0.109 e. The third kappa shape index (κ3) is 3.56. The Morgan fingerprint density at radius 1 is 1.17 bits per heavy atom. The van der Waals surface area contributed by atoms with E-state index in [0.717, 1.165) is 47.6 Å². The molecule has 126 valence electrons. The van der Waals surface area contributed by atoms with Crippen molar-refractivity contribution in [2.24, 2.45) is 0 Å². The summed E-state index contributed by atoms with van der Waals surface area (Å²) in [6, 6.07) is 9.69. The first-order valence-electron chi connectivity index (χ1n) is 8.44. The van der Waals surface area contributed by atoms with Gasteiger partial charge in [-0.15, -0.1) is 0 Å². The summed E-state index contributed by atoms with van der Waals surface area (Å²) in [6.45, 7) is 5.08. The largest absolute Gasteiger partial charge is 0.328 e. The van der Waals surface area contributed by atoms with Crippen LogP contribution in [0.25, 0.3) is 11.0 Å². The minimum absolute atomic E-state index is 0.666. The number of imidazole rings is 1. The predicted molar refractivity (Wildman–Crippen MR) is 98.6 cm³/mol. The van der Waals surface area contributed by atoms with Crippen LogP contribution in [0, 0.1) is 6.92 Å². The zero-order chi connectivity index (χ0) is 16.9. The number of nitrogens with zero attached hydrogens (tertiary/aromatic N) is 3. The van der Waals surface area contributed by atoms with Gasteiger partial charge in [0.25, 0.3) is 0 Å². The molecule has 0 saturated heterocycles. The summed E-state index contributed by atoms with van der Waals surface area (Å²) >= 11 is 0. The van der Waals surface area contributed by atoms with Crippen LogP contribution in [0.4, 0.5) is 0 Å². The van der Waals surface area contributed by atoms with Crippen molar-refractivity contribution in [3.05, 3.63) is 54.1 Å². The fourth-order valence-electron chi connectivity index (χ4n) is 3.00. The Kier molecular flexibility index (Phi) is 5.41. The number of hydrogen-bond donors (Lipinski definition) is 0. The smallest absolute Gasteiger partial charge is 0.109 e. The van der Waals surface area contributed by atoms with Gasteiger partial charge in [-0.2, -0.15) is 0 Å². The molecule has 3 aromatic rings. The van der Waals surface area contributed by atoms with E-state index in [1.165, 1.54) is 5.52 Å². The standard InChI is InChI=1S/C19H23N3OS/c1-3-8-18-21-17-14-20-13-15(2)19(17)22(18)11-7-12-24(23)16-9-5-4-6-10-16/h4-6,9-10,13-14H,3,7-8,11-12H2,1-2H3. The molecule has 5 heteroatoms. The van der Waals surface area contributed by atoms with E-state index in [-0.39, 0.29) is 0 Å². The predicted octanol–water partition coefficient (Wildman–Crippen LogP) is 3.89. The molecule has 0 aliphatic carbocycles. The van der Waals surface area contributed by atoms with Crippen molar-refractivity contribution in [3.8, 4) is 0 Å². The van der Waals surface area contributed by atoms with E-state index in [1.807, 2.05) is 42.7 Å². The molecule has 4 nitrogen and oxygen atoms in total. The summed E-state index contributed by atoms with van der Waals surface area (Å²) in [5, 5.41) is 0. The summed E-state index contributed by atoms with van der Waals surface area (Å²) in [7, 11) is -0.940. The Labute approximate surface area is 145 Å². The normalized spacial score (nSPS) is 12.6. The average Bonchev–Trinajstić information content (AvgIpc) is 2.95. The Bertz CT molecular complexity index is 842. The molecule has 0 saturated carbocycles. The van der Waals surface area contributed by atoms with Crippen molar-refractivity contribution in [1.29, 1.82) is 0 Å². The summed E-state index contributed by atoms with van der Waals surface area (Å²) in [5.74, 6) is 1.77. The van der Waals surface area contributed by atoms with Gasteiger partial charge in [-0.25, -0.2) is 4.98 Å². The lowest BCUT2D eigenvalue weighted by molar-refractivity contribution is 0.638. The molecule has 24 heavy (non-hydrogen) atoms. The number of aromatic nitrogens is 3. The van der Waals surface area contributed by atoms with Crippen LogP contribution in [0.1, 0.15) is 31.2 Å². The molecule has 0 fully saturated rings. The van der Waals surface area contributed by atoms with Crippen molar-refractivity contribution < 1.29 is 4.21 Å². The maximum atomic E-state index is 12.4. The molecule has 3 rings (SSSR count).